The molecule has 2 amide bonds. The van der Waals surface area contributed by atoms with Crippen molar-refractivity contribution in [3.63, 3.8) is 0 Å². The lowest BCUT2D eigenvalue weighted by Crippen LogP contribution is -2.43. The molecule has 0 bridgehead atoms. The number of hydrogen-bond acceptors (Lipinski definition) is 3. The highest BCUT2D eigenvalue weighted by molar-refractivity contribution is 6.34. The van der Waals surface area contributed by atoms with E-state index in [1.165, 1.54) is 23.1 Å². The summed E-state index contributed by atoms with van der Waals surface area (Å²) in [5.74, 6) is 0.310. The summed E-state index contributed by atoms with van der Waals surface area (Å²) in [4.78, 5) is 30.4. The van der Waals surface area contributed by atoms with Gasteiger partial charge >= 0.3 is 6.18 Å². The van der Waals surface area contributed by atoms with E-state index in [-0.39, 0.29) is 11.5 Å². The number of amides is 2. The molecule has 36 heavy (non-hydrogen) atoms. The van der Waals surface area contributed by atoms with Crippen molar-refractivity contribution in [2.75, 3.05) is 45.2 Å². The van der Waals surface area contributed by atoms with E-state index in [2.05, 4.69) is 4.90 Å². The molecule has 0 saturated carbocycles. The molecule has 0 spiro atoms. The quantitative estimate of drug-likeness (QED) is 0.508. The van der Waals surface area contributed by atoms with Gasteiger partial charge in [-0.05, 0) is 67.9 Å². The van der Waals surface area contributed by atoms with Crippen LogP contribution in [-0.2, 0) is 6.18 Å². The predicted octanol–water partition coefficient (Wildman–Crippen LogP) is 5.83. The third-order valence-corrected chi connectivity index (χ3v) is 7.76. The van der Waals surface area contributed by atoms with Gasteiger partial charge in [-0.1, -0.05) is 23.7 Å². The zero-order valence-electron chi connectivity index (χ0n) is 20.5. The Morgan fingerprint density at radius 3 is 2.03 bits per heavy atom. The number of rotatable bonds is 4. The fourth-order valence-electron chi connectivity index (χ4n) is 5.41. The summed E-state index contributed by atoms with van der Waals surface area (Å²) in [7, 11) is 3.39. The lowest BCUT2D eigenvalue weighted by atomic mass is 9.78. The van der Waals surface area contributed by atoms with E-state index in [0.717, 1.165) is 50.5 Å². The van der Waals surface area contributed by atoms with Gasteiger partial charge in [0.25, 0.3) is 11.8 Å². The maximum absolute atomic E-state index is 13.3. The zero-order valence-corrected chi connectivity index (χ0v) is 21.3. The normalized spacial score (nSPS) is 17.8. The molecular formula is C27H31ClF3N3O2. The van der Waals surface area contributed by atoms with E-state index < -0.39 is 17.6 Å². The van der Waals surface area contributed by atoms with Crippen molar-refractivity contribution in [2.45, 2.75) is 31.9 Å². The van der Waals surface area contributed by atoms with Crippen LogP contribution in [0.1, 0.15) is 52.0 Å². The summed E-state index contributed by atoms with van der Waals surface area (Å²) >= 11 is 6.39. The van der Waals surface area contributed by atoms with E-state index in [4.69, 9.17) is 11.6 Å². The Balaban J connectivity index is 1.31. The maximum atomic E-state index is 13.3. The van der Waals surface area contributed by atoms with Crippen LogP contribution in [0.2, 0.25) is 5.02 Å². The molecule has 4 rings (SSSR count). The Bertz CT molecular complexity index is 1110. The lowest BCUT2D eigenvalue weighted by Gasteiger charge is -2.41. The van der Waals surface area contributed by atoms with Gasteiger partial charge in [-0.2, -0.15) is 13.2 Å². The van der Waals surface area contributed by atoms with Crippen molar-refractivity contribution in [1.82, 2.24) is 9.80 Å². The molecule has 5 nitrogen and oxygen atoms in total. The summed E-state index contributed by atoms with van der Waals surface area (Å²) in [6, 6.07) is 10.6. The number of alkyl halides is 3. The van der Waals surface area contributed by atoms with Gasteiger partial charge in [0.15, 0.2) is 0 Å². The fourth-order valence-corrected chi connectivity index (χ4v) is 5.66. The minimum atomic E-state index is -4.55. The van der Waals surface area contributed by atoms with Crippen molar-refractivity contribution in [2.24, 2.45) is 11.8 Å². The van der Waals surface area contributed by atoms with Gasteiger partial charge in [-0.15, -0.1) is 0 Å². The monoisotopic (exact) mass is 521 g/mol. The van der Waals surface area contributed by atoms with Crippen LogP contribution in [0.3, 0.4) is 0 Å². The molecule has 0 N–H and O–H groups in total. The largest absolute Gasteiger partial charge is 0.417 e. The number of piperidine rings is 2. The molecule has 2 aromatic rings. The van der Waals surface area contributed by atoms with E-state index in [1.807, 2.05) is 12.1 Å². The van der Waals surface area contributed by atoms with Crippen LogP contribution in [0.25, 0.3) is 0 Å². The molecule has 0 radical (unpaired) electrons. The number of anilines is 1. The highest BCUT2D eigenvalue weighted by atomic mass is 35.5. The number of likely N-dealkylation sites (tertiary alicyclic amines) is 1. The second-order valence-electron chi connectivity index (χ2n) is 9.86. The highest BCUT2D eigenvalue weighted by Gasteiger charge is 2.37. The zero-order chi connectivity index (χ0) is 26.0. The summed E-state index contributed by atoms with van der Waals surface area (Å²) in [5, 5.41) is 0.442. The van der Waals surface area contributed by atoms with E-state index in [0.29, 0.717) is 35.5 Å². The highest BCUT2D eigenvalue weighted by Crippen LogP contribution is 2.36. The van der Waals surface area contributed by atoms with E-state index in [9.17, 15) is 22.8 Å². The molecule has 194 valence electrons. The van der Waals surface area contributed by atoms with Crippen molar-refractivity contribution >= 4 is 29.1 Å². The number of carbonyl (C=O) groups is 2. The van der Waals surface area contributed by atoms with Gasteiger partial charge in [0, 0.05) is 46.0 Å². The molecule has 2 fully saturated rings. The molecule has 2 heterocycles. The minimum Gasteiger partial charge on any atom is -0.371 e. The van der Waals surface area contributed by atoms with E-state index >= 15 is 0 Å². The fraction of sp³-hybridized carbons (Fsp3) is 0.481. The van der Waals surface area contributed by atoms with Crippen molar-refractivity contribution in [3.8, 4) is 0 Å². The number of benzene rings is 2. The SMILES string of the molecule is CN(C)C(=O)c1ccc(N2CCC(C3CCN(C(=O)c4ccccc4C(F)(F)F)CC3)CC2)cc1Cl. The summed E-state index contributed by atoms with van der Waals surface area (Å²) < 4.78 is 40.0. The van der Waals surface area contributed by atoms with Crippen LogP contribution in [-0.4, -0.2) is 61.9 Å². The Morgan fingerprint density at radius 1 is 0.889 bits per heavy atom. The average molecular weight is 522 g/mol. The number of hydrogen-bond donors (Lipinski definition) is 0. The van der Waals surface area contributed by atoms with Crippen LogP contribution in [0.5, 0.6) is 0 Å². The lowest BCUT2D eigenvalue weighted by molar-refractivity contribution is -0.138. The Morgan fingerprint density at radius 2 is 1.47 bits per heavy atom. The van der Waals surface area contributed by atoms with Gasteiger partial charge < -0.3 is 14.7 Å². The van der Waals surface area contributed by atoms with Gasteiger partial charge in [0.05, 0.1) is 21.7 Å². The van der Waals surface area contributed by atoms with Gasteiger partial charge in [-0.3, -0.25) is 9.59 Å². The third kappa shape index (κ3) is 5.64. The molecular weight excluding hydrogens is 491 g/mol. The maximum Gasteiger partial charge on any atom is 0.417 e. The molecule has 0 unspecified atom stereocenters. The first-order valence-corrected chi connectivity index (χ1v) is 12.7. The molecule has 0 aliphatic carbocycles. The van der Waals surface area contributed by atoms with Crippen molar-refractivity contribution in [3.05, 3.63) is 64.2 Å². The number of halogens is 4. The van der Waals surface area contributed by atoms with Crippen LogP contribution >= 0.6 is 11.6 Å². The van der Waals surface area contributed by atoms with E-state index in [1.54, 1.807) is 25.1 Å². The van der Waals surface area contributed by atoms with Crippen molar-refractivity contribution < 1.29 is 22.8 Å². The molecule has 0 atom stereocenters. The van der Waals surface area contributed by atoms with Crippen molar-refractivity contribution in [1.29, 1.82) is 0 Å². The van der Waals surface area contributed by atoms with Crippen LogP contribution < -0.4 is 4.90 Å². The molecule has 2 aliphatic rings. The average Bonchev–Trinajstić information content (AvgIpc) is 2.87. The Hall–Kier alpha value is -2.74. The topological polar surface area (TPSA) is 43.9 Å². The Labute approximate surface area is 214 Å². The standard InChI is InChI=1S/C27H31ClF3N3O2/c1-32(2)25(35)22-8-7-20(17-24(22)28)33-13-9-18(10-14-33)19-11-15-34(16-12-19)26(36)21-5-3-4-6-23(21)27(29,30)31/h3-8,17-19H,9-16H2,1-2H3. The smallest absolute Gasteiger partial charge is 0.371 e. The summed E-state index contributed by atoms with van der Waals surface area (Å²) in [6.45, 7) is 2.71. The second-order valence-corrected chi connectivity index (χ2v) is 10.3. The molecule has 9 heteroatoms. The molecule has 2 aromatic carbocycles. The minimum absolute atomic E-state index is 0.128. The number of carbonyl (C=O) groups excluding carboxylic acids is 2. The first-order chi connectivity index (χ1) is 17.1. The summed E-state index contributed by atoms with van der Waals surface area (Å²) in [6.07, 6.45) is -0.933. The second kappa shape index (κ2) is 10.7. The molecule has 2 aliphatic heterocycles. The molecule has 2 saturated heterocycles. The van der Waals surface area contributed by atoms with Gasteiger partial charge in [0.2, 0.25) is 0 Å². The number of nitrogens with zero attached hydrogens (tertiary/aromatic N) is 3. The van der Waals surface area contributed by atoms with Crippen LogP contribution in [0.4, 0.5) is 18.9 Å². The van der Waals surface area contributed by atoms with Crippen LogP contribution in [0.15, 0.2) is 42.5 Å². The van der Waals surface area contributed by atoms with Crippen LogP contribution in [0, 0.1) is 11.8 Å². The first kappa shape index (κ1) is 26.3. The third-order valence-electron chi connectivity index (χ3n) is 7.45. The first-order valence-electron chi connectivity index (χ1n) is 12.3. The Kier molecular flexibility index (Phi) is 7.83. The molecule has 0 aromatic heterocycles. The van der Waals surface area contributed by atoms with Gasteiger partial charge in [-0.25, -0.2) is 0 Å². The van der Waals surface area contributed by atoms with Gasteiger partial charge in [0.1, 0.15) is 0 Å². The predicted molar refractivity (Wildman–Crippen MR) is 134 cm³/mol. The summed E-state index contributed by atoms with van der Waals surface area (Å²) in [5.41, 5.74) is 0.342.